The minimum atomic E-state index is -0.327. The lowest BCUT2D eigenvalue weighted by Crippen LogP contribution is -2.48. The number of aromatic amines is 1. The zero-order chi connectivity index (χ0) is 13.3. The second-order valence-electron chi connectivity index (χ2n) is 4.71. The van der Waals surface area contributed by atoms with Gasteiger partial charge in [-0.15, -0.1) is 0 Å². The Hall–Kier alpha value is -1.30. The maximum absolute atomic E-state index is 12.3. The van der Waals surface area contributed by atoms with Crippen LogP contribution >= 0.6 is 15.9 Å². The van der Waals surface area contributed by atoms with E-state index in [0.717, 1.165) is 17.3 Å². The SMILES string of the molecule is C[C@H]1CC[C@@H](C(N)=O)CN1C(=O)c1cc(Br)c[nH]1. The van der Waals surface area contributed by atoms with Crippen molar-refractivity contribution in [3.8, 4) is 0 Å². The van der Waals surface area contributed by atoms with Crippen molar-refractivity contribution in [3.05, 3.63) is 22.4 Å². The number of likely N-dealkylation sites (tertiary alicyclic amines) is 1. The van der Waals surface area contributed by atoms with Crippen LogP contribution in [0.3, 0.4) is 0 Å². The third-order valence-corrected chi connectivity index (χ3v) is 3.88. The summed E-state index contributed by atoms with van der Waals surface area (Å²) in [6, 6.07) is 1.87. The van der Waals surface area contributed by atoms with Gasteiger partial charge in [-0.05, 0) is 41.8 Å². The number of piperidine rings is 1. The third-order valence-electron chi connectivity index (χ3n) is 3.42. The molecule has 1 aliphatic heterocycles. The topological polar surface area (TPSA) is 79.2 Å². The number of aromatic nitrogens is 1. The molecular formula is C12H16BrN3O2. The summed E-state index contributed by atoms with van der Waals surface area (Å²) in [5, 5.41) is 0. The van der Waals surface area contributed by atoms with Gasteiger partial charge in [-0.2, -0.15) is 0 Å². The molecule has 2 atom stereocenters. The van der Waals surface area contributed by atoms with E-state index >= 15 is 0 Å². The number of nitrogens with zero attached hydrogens (tertiary/aromatic N) is 1. The van der Waals surface area contributed by atoms with Crippen molar-refractivity contribution in [1.82, 2.24) is 9.88 Å². The minimum absolute atomic E-state index is 0.0841. The van der Waals surface area contributed by atoms with Crippen LogP contribution in [0.1, 0.15) is 30.3 Å². The normalized spacial score (nSPS) is 24.0. The summed E-state index contributed by atoms with van der Waals surface area (Å²) in [5.74, 6) is -0.643. The van der Waals surface area contributed by atoms with Crippen LogP contribution in [-0.4, -0.2) is 34.3 Å². The Balaban J connectivity index is 2.15. The minimum Gasteiger partial charge on any atom is -0.369 e. The quantitative estimate of drug-likeness (QED) is 0.867. The Bertz CT molecular complexity index is 472. The fourth-order valence-electron chi connectivity index (χ4n) is 2.27. The highest BCUT2D eigenvalue weighted by atomic mass is 79.9. The molecule has 6 heteroatoms. The van der Waals surface area contributed by atoms with Gasteiger partial charge in [0.2, 0.25) is 5.91 Å². The van der Waals surface area contributed by atoms with Crippen molar-refractivity contribution in [2.75, 3.05) is 6.54 Å². The summed E-state index contributed by atoms with van der Waals surface area (Å²) in [7, 11) is 0. The molecule has 0 aromatic carbocycles. The molecule has 1 saturated heterocycles. The summed E-state index contributed by atoms with van der Waals surface area (Å²) in [5.41, 5.74) is 5.85. The first-order valence-electron chi connectivity index (χ1n) is 5.93. The van der Waals surface area contributed by atoms with Gasteiger partial charge in [0, 0.05) is 23.3 Å². The van der Waals surface area contributed by atoms with Gasteiger partial charge in [0.25, 0.3) is 5.91 Å². The Morgan fingerprint density at radius 2 is 2.22 bits per heavy atom. The standard InChI is InChI=1S/C12H16BrN3O2/c1-7-2-3-8(11(14)17)6-16(7)12(18)10-4-9(13)5-15-10/h4-5,7-8,15H,2-3,6H2,1H3,(H2,14,17)/t7-,8+/m0/s1. The lowest BCUT2D eigenvalue weighted by molar-refractivity contribution is -0.123. The molecule has 98 valence electrons. The number of hydrogen-bond donors (Lipinski definition) is 2. The van der Waals surface area contributed by atoms with E-state index in [-0.39, 0.29) is 23.8 Å². The first-order chi connectivity index (χ1) is 8.49. The van der Waals surface area contributed by atoms with E-state index in [0.29, 0.717) is 12.2 Å². The molecule has 1 fully saturated rings. The van der Waals surface area contributed by atoms with E-state index in [1.807, 2.05) is 6.92 Å². The number of H-pyrrole nitrogens is 1. The zero-order valence-electron chi connectivity index (χ0n) is 10.1. The second kappa shape index (κ2) is 5.14. The monoisotopic (exact) mass is 313 g/mol. The zero-order valence-corrected chi connectivity index (χ0v) is 11.7. The van der Waals surface area contributed by atoms with Crippen LogP contribution in [0.15, 0.2) is 16.7 Å². The Morgan fingerprint density at radius 1 is 1.50 bits per heavy atom. The summed E-state index contributed by atoms with van der Waals surface area (Å²) < 4.78 is 0.835. The number of carbonyl (C=O) groups excluding carboxylic acids is 2. The molecule has 2 amide bonds. The molecule has 0 radical (unpaired) electrons. The average Bonchev–Trinajstić information content (AvgIpc) is 2.75. The first-order valence-corrected chi connectivity index (χ1v) is 6.72. The number of nitrogens with two attached hydrogens (primary N) is 1. The van der Waals surface area contributed by atoms with Crippen LogP contribution in [-0.2, 0) is 4.79 Å². The second-order valence-corrected chi connectivity index (χ2v) is 5.63. The molecule has 1 aliphatic rings. The molecule has 0 saturated carbocycles. The van der Waals surface area contributed by atoms with E-state index in [1.54, 1.807) is 17.2 Å². The molecular weight excluding hydrogens is 298 g/mol. The van der Waals surface area contributed by atoms with Gasteiger partial charge in [-0.25, -0.2) is 0 Å². The fourth-order valence-corrected chi connectivity index (χ4v) is 2.61. The smallest absolute Gasteiger partial charge is 0.270 e. The van der Waals surface area contributed by atoms with Crippen molar-refractivity contribution in [1.29, 1.82) is 0 Å². The fraction of sp³-hybridized carbons (Fsp3) is 0.500. The number of amides is 2. The highest BCUT2D eigenvalue weighted by Gasteiger charge is 2.32. The van der Waals surface area contributed by atoms with Crippen molar-refractivity contribution in [2.45, 2.75) is 25.8 Å². The maximum Gasteiger partial charge on any atom is 0.270 e. The van der Waals surface area contributed by atoms with Gasteiger partial charge in [-0.1, -0.05) is 0 Å². The maximum atomic E-state index is 12.3. The van der Waals surface area contributed by atoms with Gasteiger partial charge in [0.1, 0.15) is 5.69 Å². The van der Waals surface area contributed by atoms with Crippen LogP contribution in [0.25, 0.3) is 0 Å². The van der Waals surface area contributed by atoms with Crippen LogP contribution in [0.5, 0.6) is 0 Å². The highest BCUT2D eigenvalue weighted by Crippen LogP contribution is 2.24. The van der Waals surface area contributed by atoms with E-state index < -0.39 is 0 Å². The molecule has 0 unspecified atom stereocenters. The van der Waals surface area contributed by atoms with E-state index in [2.05, 4.69) is 20.9 Å². The first kappa shape index (κ1) is 13.1. The summed E-state index contributed by atoms with van der Waals surface area (Å²) in [6.45, 7) is 2.40. The molecule has 0 bridgehead atoms. The van der Waals surface area contributed by atoms with Crippen LogP contribution < -0.4 is 5.73 Å². The largest absolute Gasteiger partial charge is 0.369 e. The number of halogens is 1. The van der Waals surface area contributed by atoms with E-state index in [9.17, 15) is 9.59 Å². The van der Waals surface area contributed by atoms with Crippen molar-refractivity contribution in [3.63, 3.8) is 0 Å². The predicted octanol–water partition coefficient (Wildman–Crippen LogP) is 1.50. The van der Waals surface area contributed by atoms with Gasteiger partial charge in [0.05, 0.1) is 5.92 Å². The molecule has 5 nitrogen and oxygen atoms in total. The molecule has 3 N–H and O–H groups in total. The summed E-state index contributed by atoms with van der Waals surface area (Å²) in [4.78, 5) is 28.2. The van der Waals surface area contributed by atoms with Crippen molar-refractivity contribution in [2.24, 2.45) is 11.7 Å². The number of primary amides is 1. The third kappa shape index (κ3) is 2.58. The lowest BCUT2D eigenvalue weighted by Gasteiger charge is -2.36. The Labute approximate surface area is 114 Å². The number of hydrogen-bond acceptors (Lipinski definition) is 2. The molecule has 0 spiro atoms. The Kier molecular flexibility index (Phi) is 3.75. The summed E-state index contributed by atoms with van der Waals surface area (Å²) >= 11 is 3.30. The average molecular weight is 314 g/mol. The van der Waals surface area contributed by atoms with Gasteiger partial charge >= 0.3 is 0 Å². The molecule has 18 heavy (non-hydrogen) atoms. The van der Waals surface area contributed by atoms with Gasteiger partial charge in [-0.3, -0.25) is 9.59 Å². The highest BCUT2D eigenvalue weighted by molar-refractivity contribution is 9.10. The van der Waals surface area contributed by atoms with E-state index in [4.69, 9.17) is 5.73 Å². The number of rotatable bonds is 2. The van der Waals surface area contributed by atoms with E-state index in [1.165, 1.54) is 0 Å². The molecule has 2 rings (SSSR count). The van der Waals surface area contributed by atoms with Crippen LogP contribution in [0.4, 0.5) is 0 Å². The molecule has 2 heterocycles. The number of carbonyl (C=O) groups is 2. The molecule has 1 aromatic heterocycles. The van der Waals surface area contributed by atoms with Gasteiger partial charge < -0.3 is 15.6 Å². The molecule has 0 aliphatic carbocycles. The van der Waals surface area contributed by atoms with Crippen molar-refractivity contribution < 1.29 is 9.59 Å². The van der Waals surface area contributed by atoms with Gasteiger partial charge in [0.15, 0.2) is 0 Å². The summed E-state index contributed by atoms with van der Waals surface area (Å²) in [6.07, 6.45) is 3.28. The lowest BCUT2D eigenvalue weighted by atomic mass is 9.92. The number of nitrogens with one attached hydrogen (secondary N) is 1. The van der Waals surface area contributed by atoms with Crippen LogP contribution in [0.2, 0.25) is 0 Å². The van der Waals surface area contributed by atoms with Crippen LogP contribution in [0, 0.1) is 5.92 Å². The molecule has 1 aromatic rings. The Morgan fingerprint density at radius 3 is 2.78 bits per heavy atom. The van der Waals surface area contributed by atoms with Crippen molar-refractivity contribution >= 4 is 27.7 Å². The predicted molar refractivity (Wildman–Crippen MR) is 70.9 cm³/mol.